The highest BCUT2D eigenvalue weighted by molar-refractivity contribution is 5.81. The summed E-state index contributed by atoms with van der Waals surface area (Å²) in [6, 6.07) is 0. The van der Waals surface area contributed by atoms with E-state index >= 15 is 0 Å². The van der Waals surface area contributed by atoms with Crippen molar-refractivity contribution < 1.29 is 9.59 Å². The van der Waals surface area contributed by atoms with Gasteiger partial charge in [0.15, 0.2) is 0 Å². The van der Waals surface area contributed by atoms with Gasteiger partial charge in [0.25, 0.3) is 0 Å². The zero-order chi connectivity index (χ0) is 18.8. The molecule has 0 aliphatic heterocycles. The molecule has 0 heterocycles. The van der Waals surface area contributed by atoms with Gasteiger partial charge in [0.2, 0.25) is 11.8 Å². The Morgan fingerprint density at radius 2 is 1.69 bits per heavy atom. The molecule has 1 fully saturated rings. The Balaban J connectivity index is 1.70. The molecular weight excluding hydrogens is 324 g/mol. The SMILES string of the molecule is CCCN(CCC)C(=O)C1CCC(C(=O)NCCC2=CCCCC2)CC1. The van der Waals surface area contributed by atoms with E-state index in [1.54, 1.807) is 0 Å². The number of rotatable bonds is 9. The largest absolute Gasteiger partial charge is 0.356 e. The van der Waals surface area contributed by atoms with Gasteiger partial charge in [-0.1, -0.05) is 25.5 Å². The highest BCUT2D eigenvalue weighted by Gasteiger charge is 2.31. The number of amides is 2. The van der Waals surface area contributed by atoms with E-state index in [-0.39, 0.29) is 17.7 Å². The van der Waals surface area contributed by atoms with Crippen LogP contribution in [0.15, 0.2) is 11.6 Å². The number of allylic oxidation sites excluding steroid dienone is 1. The van der Waals surface area contributed by atoms with Gasteiger partial charge in [0.05, 0.1) is 0 Å². The van der Waals surface area contributed by atoms with Crippen LogP contribution in [0.3, 0.4) is 0 Å². The van der Waals surface area contributed by atoms with Crippen LogP contribution in [0.2, 0.25) is 0 Å². The molecule has 2 rings (SSSR count). The van der Waals surface area contributed by atoms with Gasteiger partial charge in [-0.05, 0) is 70.6 Å². The Hall–Kier alpha value is -1.32. The number of nitrogens with zero attached hydrogens (tertiary/aromatic N) is 1. The van der Waals surface area contributed by atoms with Crippen LogP contribution in [0.25, 0.3) is 0 Å². The molecule has 0 aromatic carbocycles. The van der Waals surface area contributed by atoms with Crippen molar-refractivity contribution in [3.05, 3.63) is 11.6 Å². The Kier molecular flexibility index (Phi) is 9.21. The first kappa shape index (κ1) is 21.0. The molecule has 0 radical (unpaired) electrons. The maximum atomic E-state index is 12.7. The number of hydrogen-bond donors (Lipinski definition) is 1. The van der Waals surface area contributed by atoms with E-state index in [0.29, 0.717) is 5.91 Å². The lowest BCUT2D eigenvalue weighted by Crippen LogP contribution is -2.40. The Morgan fingerprint density at radius 3 is 2.27 bits per heavy atom. The van der Waals surface area contributed by atoms with Crippen molar-refractivity contribution >= 4 is 11.8 Å². The molecule has 0 saturated heterocycles. The van der Waals surface area contributed by atoms with Crippen molar-refractivity contribution in [2.75, 3.05) is 19.6 Å². The third-order valence-corrected chi connectivity index (χ3v) is 5.88. The van der Waals surface area contributed by atoms with E-state index in [2.05, 4.69) is 25.2 Å². The Labute approximate surface area is 159 Å². The van der Waals surface area contributed by atoms with Gasteiger partial charge in [0, 0.05) is 31.5 Å². The lowest BCUT2D eigenvalue weighted by molar-refractivity contribution is -0.138. The minimum absolute atomic E-state index is 0.102. The van der Waals surface area contributed by atoms with Gasteiger partial charge >= 0.3 is 0 Å². The van der Waals surface area contributed by atoms with Crippen molar-refractivity contribution in [1.82, 2.24) is 10.2 Å². The summed E-state index contributed by atoms with van der Waals surface area (Å²) < 4.78 is 0. The van der Waals surface area contributed by atoms with E-state index in [0.717, 1.165) is 64.6 Å². The molecule has 0 unspecified atom stereocenters. The van der Waals surface area contributed by atoms with Crippen LogP contribution in [0.4, 0.5) is 0 Å². The normalized spacial score (nSPS) is 23.2. The highest BCUT2D eigenvalue weighted by atomic mass is 16.2. The molecule has 26 heavy (non-hydrogen) atoms. The zero-order valence-electron chi connectivity index (χ0n) is 16.9. The summed E-state index contributed by atoms with van der Waals surface area (Å²) in [5.41, 5.74) is 1.51. The van der Waals surface area contributed by atoms with Crippen LogP contribution < -0.4 is 5.32 Å². The summed E-state index contributed by atoms with van der Waals surface area (Å²) >= 11 is 0. The molecule has 1 N–H and O–H groups in total. The Bertz CT molecular complexity index is 473. The maximum absolute atomic E-state index is 12.7. The summed E-state index contributed by atoms with van der Waals surface area (Å²) in [4.78, 5) is 27.2. The van der Waals surface area contributed by atoms with Gasteiger partial charge in [-0.15, -0.1) is 0 Å². The van der Waals surface area contributed by atoms with Gasteiger partial charge in [-0.2, -0.15) is 0 Å². The third-order valence-electron chi connectivity index (χ3n) is 5.88. The smallest absolute Gasteiger partial charge is 0.225 e. The first-order chi connectivity index (χ1) is 12.7. The second-order valence-electron chi connectivity index (χ2n) is 8.02. The molecule has 2 amide bonds. The molecular formula is C22H38N2O2. The summed E-state index contributed by atoms with van der Waals surface area (Å²) in [6.45, 7) is 6.75. The van der Waals surface area contributed by atoms with E-state index in [1.807, 2.05) is 4.90 Å². The lowest BCUT2D eigenvalue weighted by atomic mass is 9.81. The van der Waals surface area contributed by atoms with Crippen molar-refractivity contribution in [1.29, 1.82) is 0 Å². The van der Waals surface area contributed by atoms with E-state index < -0.39 is 0 Å². The second kappa shape index (κ2) is 11.4. The first-order valence-electron chi connectivity index (χ1n) is 10.9. The molecule has 0 atom stereocenters. The van der Waals surface area contributed by atoms with Crippen molar-refractivity contribution in [2.45, 2.75) is 84.5 Å². The number of nitrogens with one attached hydrogen (secondary N) is 1. The highest BCUT2D eigenvalue weighted by Crippen LogP contribution is 2.30. The molecule has 148 valence electrons. The first-order valence-corrected chi connectivity index (χ1v) is 10.9. The monoisotopic (exact) mass is 362 g/mol. The van der Waals surface area contributed by atoms with Gasteiger partial charge in [-0.25, -0.2) is 0 Å². The standard InChI is InChI=1S/C22H38N2O2/c1-3-16-24(17-4-2)22(26)20-12-10-19(11-13-20)21(25)23-15-14-18-8-6-5-7-9-18/h8,19-20H,3-7,9-17H2,1-2H3,(H,23,25). The molecule has 4 nitrogen and oxygen atoms in total. The van der Waals surface area contributed by atoms with Gasteiger partial charge < -0.3 is 10.2 Å². The zero-order valence-corrected chi connectivity index (χ0v) is 16.9. The molecule has 1 saturated carbocycles. The van der Waals surface area contributed by atoms with E-state index in [1.165, 1.54) is 31.3 Å². The van der Waals surface area contributed by atoms with E-state index in [4.69, 9.17) is 0 Å². The average Bonchev–Trinajstić information content (AvgIpc) is 2.68. The quantitative estimate of drug-likeness (QED) is 0.616. The maximum Gasteiger partial charge on any atom is 0.225 e. The molecule has 0 bridgehead atoms. The molecule has 2 aliphatic rings. The van der Waals surface area contributed by atoms with E-state index in [9.17, 15) is 9.59 Å². The average molecular weight is 363 g/mol. The molecule has 2 aliphatic carbocycles. The van der Waals surface area contributed by atoms with Crippen LogP contribution >= 0.6 is 0 Å². The van der Waals surface area contributed by atoms with Crippen LogP contribution in [0.1, 0.15) is 84.5 Å². The lowest BCUT2D eigenvalue weighted by Gasteiger charge is -2.31. The number of carbonyl (C=O) groups excluding carboxylic acids is 2. The predicted molar refractivity (Wildman–Crippen MR) is 107 cm³/mol. The number of carbonyl (C=O) groups is 2. The van der Waals surface area contributed by atoms with Crippen molar-refractivity contribution in [2.24, 2.45) is 11.8 Å². The summed E-state index contributed by atoms with van der Waals surface area (Å²) in [5, 5.41) is 3.13. The van der Waals surface area contributed by atoms with Gasteiger partial charge in [0.1, 0.15) is 0 Å². The summed E-state index contributed by atoms with van der Waals surface area (Å²) in [6.07, 6.45) is 13.8. The minimum Gasteiger partial charge on any atom is -0.356 e. The minimum atomic E-state index is 0.102. The molecule has 0 aromatic heterocycles. The molecule has 0 spiro atoms. The fraction of sp³-hybridized carbons (Fsp3) is 0.818. The fourth-order valence-electron chi connectivity index (χ4n) is 4.36. The molecule has 0 aromatic rings. The van der Waals surface area contributed by atoms with Gasteiger partial charge in [-0.3, -0.25) is 9.59 Å². The summed E-state index contributed by atoms with van der Waals surface area (Å²) in [5.74, 6) is 0.748. The molecule has 4 heteroatoms. The number of hydrogen-bond acceptors (Lipinski definition) is 2. The van der Waals surface area contributed by atoms with Crippen molar-refractivity contribution in [3.63, 3.8) is 0 Å². The summed E-state index contributed by atoms with van der Waals surface area (Å²) in [7, 11) is 0. The predicted octanol–water partition coefficient (Wildman–Crippen LogP) is 4.45. The fourth-order valence-corrected chi connectivity index (χ4v) is 4.36. The third kappa shape index (κ3) is 6.44. The Morgan fingerprint density at radius 1 is 1.04 bits per heavy atom. The van der Waals surface area contributed by atoms with Crippen molar-refractivity contribution in [3.8, 4) is 0 Å². The van der Waals surface area contributed by atoms with Crippen LogP contribution in [0.5, 0.6) is 0 Å². The van der Waals surface area contributed by atoms with Crippen LogP contribution in [-0.4, -0.2) is 36.3 Å². The topological polar surface area (TPSA) is 49.4 Å². The second-order valence-corrected chi connectivity index (χ2v) is 8.02. The van der Waals surface area contributed by atoms with Crippen LogP contribution in [-0.2, 0) is 9.59 Å². The van der Waals surface area contributed by atoms with Crippen LogP contribution in [0, 0.1) is 11.8 Å².